The maximum absolute atomic E-state index is 4.58. The first-order valence-electron chi connectivity index (χ1n) is 8.64. The molecule has 0 spiro atoms. The molecule has 0 radical (unpaired) electrons. The van der Waals surface area contributed by atoms with Crippen LogP contribution < -0.4 is 9.80 Å². The molecule has 2 saturated heterocycles. The Morgan fingerprint density at radius 2 is 1.68 bits per heavy atom. The van der Waals surface area contributed by atoms with E-state index >= 15 is 0 Å². The third-order valence-electron chi connectivity index (χ3n) is 5.24. The minimum Gasteiger partial charge on any atom is -0.356 e. The van der Waals surface area contributed by atoms with Crippen LogP contribution >= 0.6 is 0 Å². The van der Waals surface area contributed by atoms with Crippen LogP contribution in [0.15, 0.2) is 24.7 Å². The topological polar surface area (TPSA) is 75.3 Å². The van der Waals surface area contributed by atoms with Crippen LogP contribution in [0.1, 0.15) is 11.4 Å². The van der Waals surface area contributed by atoms with Gasteiger partial charge < -0.3 is 9.80 Å². The SMILES string of the molecule is Cc1ccnc(N2CC3CN(c4cc(C)nc5ncnn45)CC3C2)n1. The van der Waals surface area contributed by atoms with Gasteiger partial charge in [0.25, 0.3) is 5.78 Å². The monoisotopic (exact) mass is 336 g/mol. The van der Waals surface area contributed by atoms with E-state index in [1.807, 2.05) is 30.6 Å². The zero-order valence-corrected chi connectivity index (χ0v) is 14.4. The largest absolute Gasteiger partial charge is 0.356 e. The minimum atomic E-state index is 0.621. The van der Waals surface area contributed by atoms with E-state index in [1.54, 1.807) is 6.33 Å². The fourth-order valence-electron chi connectivity index (χ4n) is 4.07. The van der Waals surface area contributed by atoms with Crippen LogP contribution in [-0.2, 0) is 0 Å². The van der Waals surface area contributed by atoms with Crippen molar-refractivity contribution in [2.24, 2.45) is 11.8 Å². The first-order chi connectivity index (χ1) is 12.2. The molecule has 128 valence electrons. The molecule has 2 aliphatic heterocycles. The van der Waals surface area contributed by atoms with Gasteiger partial charge in [0.15, 0.2) is 0 Å². The second-order valence-electron chi connectivity index (χ2n) is 7.06. The molecule has 0 amide bonds. The van der Waals surface area contributed by atoms with E-state index in [-0.39, 0.29) is 0 Å². The van der Waals surface area contributed by atoms with Crippen LogP contribution in [0, 0.1) is 25.7 Å². The molecule has 3 aromatic rings. The van der Waals surface area contributed by atoms with Crippen LogP contribution in [-0.4, -0.2) is 55.7 Å². The molecule has 0 aliphatic carbocycles. The summed E-state index contributed by atoms with van der Waals surface area (Å²) in [7, 11) is 0. The molecule has 5 heterocycles. The van der Waals surface area contributed by atoms with Gasteiger partial charge in [0.2, 0.25) is 5.95 Å². The van der Waals surface area contributed by atoms with Gasteiger partial charge in [0.1, 0.15) is 12.1 Å². The van der Waals surface area contributed by atoms with Gasteiger partial charge in [-0.25, -0.2) is 15.0 Å². The number of nitrogens with zero attached hydrogens (tertiary/aromatic N) is 8. The van der Waals surface area contributed by atoms with Crippen molar-refractivity contribution in [2.75, 3.05) is 36.0 Å². The fourth-order valence-corrected chi connectivity index (χ4v) is 4.07. The highest BCUT2D eigenvalue weighted by Gasteiger charge is 2.41. The Balaban J connectivity index is 1.38. The molecular weight excluding hydrogens is 316 g/mol. The van der Waals surface area contributed by atoms with Crippen LogP contribution in [0.4, 0.5) is 11.8 Å². The Hall–Kier alpha value is -2.77. The van der Waals surface area contributed by atoms with Gasteiger partial charge in [0.05, 0.1) is 0 Å². The first kappa shape index (κ1) is 14.6. The molecule has 2 unspecified atom stereocenters. The molecule has 25 heavy (non-hydrogen) atoms. The van der Waals surface area contributed by atoms with E-state index in [0.717, 1.165) is 49.3 Å². The molecule has 5 rings (SSSR count). The molecule has 2 fully saturated rings. The zero-order chi connectivity index (χ0) is 17.0. The van der Waals surface area contributed by atoms with E-state index in [4.69, 9.17) is 0 Å². The highest BCUT2D eigenvalue weighted by molar-refractivity contribution is 5.49. The minimum absolute atomic E-state index is 0.621. The Morgan fingerprint density at radius 3 is 2.44 bits per heavy atom. The van der Waals surface area contributed by atoms with E-state index in [1.165, 1.54) is 0 Å². The smallest absolute Gasteiger partial charge is 0.254 e. The average molecular weight is 336 g/mol. The highest BCUT2D eigenvalue weighted by Crippen LogP contribution is 2.35. The normalized spacial score (nSPS) is 22.8. The van der Waals surface area contributed by atoms with E-state index in [0.29, 0.717) is 17.6 Å². The van der Waals surface area contributed by atoms with Crippen molar-refractivity contribution in [3.63, 3.8) is 0 Å². The van der Waals surface area contributed by atoms with Crippen molar-refractivity contribution >= 4 is 17.5 Å². The summed E-state index contributed by atoms with van der Waals surface area (Å²) in [5.41, 5.74) is 1.99. The summed E-state index contributed by atoms with van der Waals surface area (Å²) in [5, 5.41) is 4.34. The Bertz CT molecular complexity index is 921. The average Bonchev–Trinajstić information content (AvgIpc) is 3.27. The molecule has 0 saturated carbocycles. The molecule has 2 atom stereocenters. The predicted molar refractivity (Wildman–Crippen MR) is 93.7 cm³/mol. The summed E-state index contributed by atoms with van der Waals surface area (Å²) >= 11 is 0. The summed E-state index contributed by atoms with van der Waals surface area (Å²) in [6.45, 7) is 8.08. The Kier molecular flexibility index (Phi) is 3.13. The molecular formula is C17H20N8. The maximum atomic E-state index is 4.58. The van der Waals surface area contributed by atoms with Crippen molar-refractivity contribution in [1.29, 1.82) is 0 Å². The van der Waals surface area contributed by atoms with Gasteiger partial charge in [-0.3, -0.25) is 0 Å². The van der Waals surface area contributed by atoms with Gasteiger partial charge in [-0.1, -0.05) is 0 Å². The summed E-state index contributed by atoms with van der Waals surface area (Å²) in [6, 6.07) is 4.04. The van der Waals surface area contributed by atoms with Crippen molar-refractivity contribution in [1.82, 2.24) is 29.5 Å². The third-order valence-corrected chi connectivity index (χ3v) is 5.24. The number of rotatable bonds is 2. The van der Waals surface area contributed by atoms with Gasteiger partial charge in [-0.15, -0.1) is 0 Å². The molecule has 0 bridgehead atoms. The van der Waals surface area contributed by atoms with Crippen molar-refractivity contribution in [3.05, 3.63) is 36.0 Å². The second kappa shape index (κ2) is 5.37. The molecule has 2 aliphatic rings. The lowest BCUT2D eigenvalue weighted by Gasteiger charge is -2.23. The summed E-state index contributed by atoms with van der Waals surface area (Å²) < 4.78 is 1.84. The van der Waals surface area contributed by atoms with Crippen LogP contribution in [0.2, 0.25) is 0 Å². The summed E-state index contributed by atoms with van der Waals surface area (Å²) in [5.74, 6) is 3.86. The Morgan fingerprint density at radius 1 is 0.920 bits per heavy atom. The fraction of sp³-hybridized carbons (Fsp3) is 0.471. The van der Waals surface area contributed by atoms with E-state index < -0.39 is 0 Å². The predicted octanol–water partition coefficient (Wildman–Crippen LogP) is 1.10. The van der Waals surface area contributed by atoms with Crippen LogP contribution in [0.3, 0.4) is 0 Å². The first-order valence-corrected chi connectivity index (χ1v) is 8.64. The second-order valence-corrected chi connectivity index (χ2v) is 7.06. The third kappa shape index (κ3) is 2.40. The molecule has 8 heteroatoms. The van der Waals surface area contributed by atoms with Crippen LogP contribution in [0.5, 0.6) is 0 Å². The van der Waals surface area contributed by atoms with E-state index in [9.17, 15) is 0 Å². The van der Waals surface area contributed by atoms with E-state index in [2.05, 4.69) is 40.9 Å². The molecule has 0 aromatic carbocycles. The van der Waals surface area contributed by atoms with Crippen LogP contribution in [0.25, 0.3) is 5.78 Å². The number of aromatic nitrogens is 6. The summed E-state index contributed by atoms with van der Waals surface area (Å²) in [4.78, 5) is 22.4. The van der Waals surface area contributed by atoms with Crippen molar-refractivity contribution in [3.8, 4) is 0 Å². The molecule has 8 nitrogen and oxygen atoms in total. The number of aryl methyl sites for hydroxylation is 2. The standard InChI is InChI=1S/C17H20N8/c1-11-3-4-18-16(21-11)24-8-13-6-23(7-14(13)9-24)15-5-12(2)22-17-19-10-20-25(15)17/h3-5,10,13-14H,6-9H2,1-2H3. The lowest BCUT2D eigenvalue weighted by atomic mass is 10.0. The van der Waals surface area contributed by atoms with Crippen molar-refractivity contribution < 1.29 is 0 Å². The number of hydrogen-bond donors (Lipinski definition) is 0. The Labute approximate surface area is 145 Å². The quantitative estimate of drug-likeness (QED) is 0.694. The summed E-state index contributed by atoms with van der Waals surface area (Å²) in [6.07, 6.45) is 3.41. The van der Waals surface area contributed by atoms with Gasteiger partial charge in [-0.05, 0) is 19.9 Å². The molecule has 0 N–H and O–H groups in total. The number of hydrogen-bond acceptors (Lipinski definition) is 7. The molecule has 3 aromatic heterocycles. The van der Waals surface area contributed by atoms with Gasteiger partial charge in [0, 0.05) is 61.7 Å². The van der Waals surface area contributed by atoms with Gasteiger partial charge in [-0.2, -0.15) is 14.6 Å². The highest BCUT2D eigenvalue weighted by atomic mass is 15.4. The van der Waals surface area contributed by atoms with Crippen molar-refractivity contribution in [2.45, 2.75) is 13.8 Å². The zero-order valence-electron chi connectivity index (χ0n) is 14.4. The number of anilines is 2. The lowest BCUT2D eigenvalue weighted by Crippen LogP contribution is -2.31. The maximum Gasteiger partial charge on any atom is 0.254 e. The number of fused-ring (bicyclic) bond motifs is 2. The van der Waals surface area contributed by atoms with Gasteiger partial charge >= 0.3 is 0 Å². The lowest BCUT2D eigenvalue weighted by molar-refractivity contribution is 0.533.